The van der Waals surface area contributed by atoms with Crippen LogP contribution < -0.4 is 10.2 Å². The van der Waals surface area contributed by atoms with E-state index in [4.69, 9.17) is 19.4 Å². The third kappa shape index (κ3) is 8.12. The SMILES string of the molecule is C=CN(CCN(CC(=O)NO)S(=O)(=O)c1ccc(OC2=CCC(C)(C#N)C=C2)c(F)c1)C(=O)OCCOC. The number of hydroxylamine groups is 1. The van der Waals surface area contributed by atoms with Crippen LogP contribution in [0.25, 0.3) is 0 Å². The molecule has 2 N–H and O–H groups in total. The summed E-state index contributed by atoms with van der Waals surface area (Å²) in [5, 5.41) is 18.1. The summed E-state index contributed by atoms with van der Waals surface area (Å²) in [5.41, 5.74) is 0.644. The van der Waals surface area contributed by atoms with Crippen molar-refractivity contribution in [1.29, 1.82) is 5.26 Å². The number of nitriles is 1. The van der Waals surface area contributed by atoms with E-state index in [-0.39, 0.29) is 31.3 Å². The number of amides is 2. The van der Waals surface area contributed by atoms with Crippen LogP contribution in [0.2, 0.25) is 0 Å². The van der Waals surface area contributed by atoms with Gasteiger partial charge in [0.25, 0.3) is 5.91 Å². The number of nitrogens with one attached hydrogen (secondary N) is 1. The molecular formula is C24H29FN4O8S. The fourth-order valence-electron chi connectivity index (χ4n) is 3.13. The lowest BCUT2D eigenvalue weighted by atomic mass is 9.85. The van der Waals surface area contributed by atoms with Crippen molar-refractivity contribution in [2.24, 2.45) is 5.41 Å². The van der Waals surface area contributed by atoms with E-state index in [2.05, 4.69) is 12.6 Å². The van der Waals surface area contributed by atoms with Gasteiger partial charge in [-0.1, -0.05) is 12.7 Å². The van der Waals surface area contributed by atoms with Gasteiger partial charge >= 0.3 is 6.09 Å². The number of rotatable bonds is 13. The van der Waals surface area contributed by atoms with E-state index in [1.54, 1.807) is 19.1 Å². The molecule has 0 aromatic heterocycles. The summed E-state index contributed by atoms with van der Waals surface area (Å²) >= 11 is 0. The maximum atomic E-state index is 14.8. The van der Waals surface area contributed by atoms with Crippen LogP contribution >= 0.6 is 0 Å². The van der Waals surface area contributed by atoms with Gasteiger partial charge in [-0.05, 0) is 43.7 Å². The highest BCUT2D eigenvalue weighted by Gasteiger charge is 2.29. The number of nitrogens with zero attached hydrogens (tertiary/aromatic N) is 3. The summed E-state index contributed by atoms with van der Waals surface area (Å²) in [6.07, 6.45) is 5.42. The fraction of sp³-hybridized carbons (Fsp3) is 0.375. The molecule has 1 atom stereocenters. The van der Waals surface area contributed by atoms with Crippen LogP contribution in [0.4, 0.5) is 9.18 Å². The van der Waals surface area contributed by atoms with Crippen LogP contribution in [0.3, 0.4) is 0 Å². The van der Waals surface area contributed by atoms with E-state index >= 15 is 0 Å². The molecule has 0 saturated carbocycles. The first kappa shape index (κ1) is 30.5. The minimum atomic E-state index is -4.48. The van der Waals surface area contributed by atoms with Crippen LogP contribution in [-0.4, -0.2) is 74.8 Å². The summed E-state index contributed by atoms with van der Waals surface area (Å²) in [4.78, 5) is 24.4. The highest BCUT2D eigenvalue weighted by atomic mass is 32.2. The Balaban J connectivity index is 2.21. The molecule has 0 aliphatic heterocycles. The molecule has 0 bridgehead atoms. The maximum absolute atomic E-state index is 14.8. The van der Waals surface area contributed by atoms with E-state index in [0.717, 1.165) is 29.3 Å². The predicted octanol–water partition coefficient (Wildman–Crippen LogP) is 2.30. The van der Waals surface area contributed by atoms with E-state index in [9.17, 15) is 27.7 Å². The fourth-order valence-corrected chi connectivity index (χ4v) is 4.53. The molecule has 2 rings (SSSR count). The molecule has 1 aliphatic rings. The molecule has 0 heterocycles. The average Bonchev–Trinajstić information content (AvgIpc) is 2.90. The summed E-state index contributed by atoms with van der Waals surface area (Å²) in [6.45, 7) is 3.81. The number of benzene rings is 1. The van der Waals surface area contributed by atoms with Crippen LogP contribution in [0.5, 0.6) is 5.75 Å². The molecule has 14 heteroatoms. The number of allylic oxidation sites excluding steroid dienone is 3. The van der Waals surface area contributed by atoms with Gasteiger partial charge in [0.1, 0.15) is 12.4 Å². The molecule has 12 nitrogen and oxygen atoms in total. The van der Waals surface area contributed by atoms with E-state index in [1.165, 1.54) is 18.7 Å². The Hall–Kier alpha value is -3.77. The third-order valence-electron chi connectivity index (χ3n) is 5.37. The number of hydrogen-bond acceptors (Lipinski definition) is 9. The molecule has 1 aliphatic carbocycles. The monoisotopic (exact) mass is 552 g/mol. The number of hydrogen-bond donors (Lipinski definition) is 2. The van der Waals surface area contributed by atoms with Crippen molar-refractivity contribution >= 4 is 22.0 Å². The Bertz CT molecular complexity index is 1240. The van der Waals surface area contributed by atoms with Gasteiger partial charge in [-0.2, -0.15) is 9.57 Å². The summed E-state index contributed by atoms with van der Waals surface area (Å²) < 4.78 is 57.3. The number of ether oxygens (including phenoxy) is 3. The molecular weight excluding hydrogens is 523 g/mol. The van der Waals surface area contributed by atoms with Crippen molar-refractivity contribution in [2.45, 2.75) is 18.2 Å². The second-order valence-corrected chi connectivity index (χ2v) is 10.2. The molecule has 1 aromatic carbocycles. The van der Waals surface area contributed by atoms with E-state index in [0.29, 0.717) is 10.7 Å². The maximum Gasteiger partial charge on any atom is 0.413 e. The lowest BCUT2D eigenvalue weighted by Crippen LogP contribution is -2.44. The van der Waals surface area contributed by atoms with Gasteiger partial charge in [0.15, 0.2) is 11.6 Å². The number of methoxy groups -OCH3 is 1. The first-order valence-electron chi connectivity index (χ1n) is 11.3. The zero-order chi connectivity index (χ0) is 28.3. The highest BCUT2D eigenvalue weighted by molar-refractivity contribution is 7.89. The standard InChI is InChI=1S/C24H29FN4O8S/c1-4-28(23(31)36-14-13-35-3)11-12-29(16-22(30)27-32)38(33,34)19-5-6-21(20(25)15-19)37-18-7-9-24(2,17-26)10-8-18/h4-9,15,32H,1,10-14,16H2,2-3H3,(H,27,30). The Kier molecular flexibility index (Phi) is 11.0. The number of carbonyl (C=O) groups is 2. The van der Waals surface area contributed by atoms with Crippen molar-refractivity contribution in [3.05, 3.63) is 60.8 Å². The lowest BCUT2D eigenvalue weighted by molar-refractivity contribution is -0.129. The molecule has 0 saturated heterocycles. The predicted molar refractivity (Wildman–Crippen MR) is 131 cm³/mol. The summed E-state index contributed by atoms with van der Waals surface area (Å²) in [7, 11) is -3.06. The van der Waals surface area contributed by atoms with Crippen molar-refractivity contribution in [3.8, 4) is 11.8 Å². The zero-order valence-electron chi connectivity index (χ0n) is 20.9. The van der Waals surface area contributed by atoms with Crippen LogP contribution in [-0.2, 0) is 24.3 Å². The molecule has 0 spiro atoms. The van der Waals surface area contributed by atoms with Crippen molar-refractivity contribution in [2.75, 3.05) is 40.0 Å². The molecule has 206 valence electrons. The van der Waals surface area contributed by atoms with Gasteiger partial charge in [-0.15, -0.1) is 0 Å². The topological polar surface area (TPSA) is 158 Å². The third-order valence-corrected chi connectivity index (χ3v) is 7.21. The summed E-state index contributed by atoms with van der Waals surface area (Å²) in [6, 6.07) is 5.08. The van der Waals surface area contributed by atoms with Gasteiger partial charge in [0.2, 0.25) is 10.0 Å². The first-order chi connectivity index (χ1) is 18.0. The number of carbonyl (C=O) groups excluding carboxylic acids is 2. The lowest BCUT2D eigenvalue weighted by Gasteiger charge is -2.25. The van der Waals surface area contributed by atoms with E-state index < -0.39 is 51.2 Å². The Morgan fingerprint density at radius 3 is 2.63 bits per heavy atom. The second kappa shape index (κ2) is 13.7. The zero-order valence-corrected chi connectivity index (χ0v) is 21.7. The quantitative estimate of drug-likeness (QED) is 0.213. The van der Waals surface area contributed by atoms with Crippen LogP contribution in [0, 0.1) is 22.6 Å². The minimum Gasteiger partial charge on any atom is -0.455 e. The van der Waals surface area contributed by atoms with Gasteiger partial charge in [-0.3, -0.25) is 14.9 Å². The second-order valence-electron chi connectivity index (χ2n) is 8.22. The largest absolute Gasteiger partial charge is 0.455 e. The molecule has 38 heavy (non-hydrogen) atoms. The average molecular weight is 553 g/mol. The first-order valence-corrected chi connectivity index (χ1v) is 12.7. The highest BCUT2D eigenvalue weighted by Crippen LogP contribution is 2.31. The normalized spacial score (nSPS) is 16.8. The van der Waals surface area contributed by atoms with E-state index in [1.807, 2.05) is 0 Å². The Labute approximate surface area is 220 Å². The number of halogens is 1. The molecule has 2 amide bonds. The summed E-state index contributed by atoms with van der Waals surface area (Å²) in [5.74, 6) is -2.01. The molecule has 1 unspecified atom stereocenters. The molecule has 1 aromatic rings. The molecule has 0 fully saturated rings. The minimum absolute atomic E-state index is 0.0490. The van der Waals surface area contributed by atoms with Crippen LogP contribution in [0.15, 0.2) is 59.9 Å². The van der Waals surface area contributed by atoms with Crippen molar-refractivity contribution < 1.29 is 41.8 Å². The van der Waals surface area contributed by atoms with Gasteiger partial charge < -0.3 is 14.2 Å². The van der Waals surface area contributed by atoms with Crippen molar-refractivity contribution in [1.82, 2.24) is 14.7 Å². The Morgan fingerprint density at radius 2 is 2.08 bits per heavy atom. The van der Waals surface area contributed by atoms with Crippen LogP contribution in [0.1, 0.15) is 13.3 Å². The van der Waals surface area contributed by atoms with Gasteiger partial charge in [-0.25, -0.2) is 23.1 Å². The molecule has 0 radical (unpaired) electrons. The van der Waals surface area contributed by atoms with Gasteiger partial charge in [0, 0.05) is 26.4 Å². The smallest absolute Gasteiger partial charge is 0.413 e. The number of sulfonamides is 1. The van der Waals surface area contributed by atoms with Gasteiger partial charge in [0.05, 0.1) is 29.5 Å². The Morgan fingerprint density at radius 1 is 1.34 bits per heavy atom. The van der Waals surface area contributed by atoms with Crippen molar-refractivity contribution in [3.63, 3.8) is 0 Å².